The van der Waals surface area contributed by atoms with Gasteiger partial charge in [0.2, 0.25) is 0 Å². The molecule has 0 saturated heterocycles. The largest absolute Gasteiger partial charge is 0.497 e. The molecule has 1 aliphatic carbocycles. The molecular weight excluding hydrogens is 406 g/mol. The second-order valence-corrected chi connectivity index (χ2v) is 7.64. The lowest BCUT2D eigenvalue weighted by atomic mass is 9.93. The van der Waals surface area contributed by atoms with Gasteiger partial charge in [-0.2, -0.15) is 5.10 Å². The van der Waals surface area contributed by atoms with Crippen molar-refractivity contribution in [2.45, 2.75) is 26.2 Å². The molecule has 0 saturated carbocycles. The van der Waals surface area contributed by atoms with Gasteiger partial charge in [-0.3, -0.25) is 9.59 Å². The highest BCUT2D eigenvalue weighted by atomic mass is 16.5. The highest BCUT2D eigenvalue weighted by molar-refractivity contribution is 6.10. The summed E-state index contributed by atoms with van der Waals surface area (Å²) in [6.45, 7) is 1.86. The zero-order valence-electron chi connectivity index (χ0n) is 18.3. The van der Waals surface area contributed by atoms with Gasteiger partial charge in [0, 0.05) is 35.8 Å². The van der Waals surface area contributed by atoms with Crippen LogP contribution in [0.1, 0.15) is 50.6 Å². The maximum atomic E-state index is 13.1. The number of anilines is 1. The Morgan fingerprint density at radius 3 is 2.62 bits per heavy atom. The van der Waals surface area contributed by atoms with Gasteiger partial charge in [-0.25, -0.2) is 5.43 Å². The molecule has 164 valence electrons. The number of amides is 2. The van der Waals surface area contributed by atoms with Gasteiger partial charge in [0.25, 0.3) is 11.8 Å². The fraction of sp³-hybridized carbons (Fsp3) is 0.240. The van der Waals surface area contributed by atoms with Crippen molar-refractivity contribution >= 4 is 23.2 Å². The highest BCUT2D eigenvalue weighted by Gasteiger charge is 2.29. The van der Waals surface area contributed by atoms with E-state index in [-0.39, 0.29) is 11.8 Å². The number of hydrazone groups is 1. The van der Waals surface area contributed by atoms with Gasteiger partial charge in [0.15, 0.2) is 5.76 Å². The summed E-state index contributed by atoms with van der Waals surface area (Å²) in [5.74, 6) is 1.08. The molecule has 1 aliphatic rings. The Balaban J connectivity index is 1.59. The Bertz CT molecular complexity index is 1180. The van der Waals surface area contributed by atoms with E-state index in [2.05, 4.69) is 10.5 Å². The van der Waals surface area contributed by atoms with Crippen LogP contribution in [0.15, 0.2) is 64.1 Å². The summed E-state index contributed by atoms with van der Waals surface area (Å²) in [6, 6.07) is 16.3. The zero-order chi connectivity index (χ0) is 22.7. The molecule has 1 heterocycles. The quantitative estimate of drug-likeness (QED) is 0.609. The summed E-state index contributed by atoms with van der Waals surface area (Å²) in [5.41, 5.74) is 6.13. The number of carbonyl (C=O) groups excluding carboxylic acids is 2. The Labute approximate surface area is 186 Å². The average Bonchev–Trinajstić information content (AvgIpc) is 3.19. The summed E-state index contributed by atoms with van der Waals surface area (Å²) < 4.78 is 11.2. The molecule has 2 aromatic carbocycles. The number of fused-ring (bicyclic) bond motifs is 1. The summed E-state index contributed by atoms with van der Waals surface area (Å²) in [4.78, 5) is 27.2. The van der Waals surface area contributed by atoms with Gasteiger partial charge in [-0.1, -0.05) is 24.3 Å². The molecule has 0 atom stereocenters. The van der Waals surface area contributed by atoms with Gasteiger partial charge in [0.05, 0.1) is 12.8 Å². The molecule has 0 aliphatic heterocycles. The second-order valence-electron chi connectivity index (χ2n) is 7.64. The number of aryl methyl sites for hydroxylation is 1. The van der Waals surface area contributed by atoms with Crippen LogP contribution in [0.3, 0.4) is 0 Å². The van der Waals surface area contributed by atoms with E-state index in [1.54, 1.807) is 43.3 Å². The van der Waals surface area contributed by atoms with Crippen molar-refractivity contribution in [1.82, 2.24) is 5.43 Å². The SMILES string of the molecule is COc1cccc(C(=O)N/N=C2\CCCc3oc(C(=O)N(C)c4ccccc4)c(C)c32)c1. The van der Waals surface area contributed by atoms with Crippen molar-refractivity contribution in [2.75, 3.05) is 19.1 Å². The van der Waals surface area contributed by atoms with Crippen LogP contribution in [0.5, 0.6) is 5.75 Å². The number of benzene rings is 2. The minimum absolute atomic E-state index is 0.220. The van der Waals surface area contributed by atoms with Gasteiger partial charge in [0.1, 0.15) is 11.5 Å². The van der Waals surface area contributed by atoms with Gasteiger partial charge in [-0.15, -0.1) is 0 Å². The van der Waals surface area contributed by atoms with Gasteiger partial charge < -0.3 is 14.1 Å². The Morgan fingerprint density at radius 1 is 1.09 bits per heavy atom. The first-order valence-electron chi connectivity index (χ1n) is 10.5. The third-order valence-electron chi connectivity index (χ3n) is 5.59. The minimum Gasteiger partial charge on any atom is -0.497 e. The molecule has 1 N–H and O–H groups in total. The first kappa shape index (κ1) is 21.4. The van der Waals surface area contributed by atoms with Gasteiger partial charge >= 0.3 is 0 Å². The van der Waals surface area contributed by atoms with Crippen molar-refractivity contribution < 1.29 is 18.7 Å². The first-order valence-corrected chi connectivity index (χ1v) is 10.5. The smallest absolute Gasteiger partial charge is 0.294 e. The lowest BCUT2D eigenvalue weighted by Gasteiger charge is -2.16. The number of ether oxygens (including phenoxy) is 1. The third-order valence-corrected chi connectivity index (χ3v) is 5.59. The average molecular weight is 431 g/mol. The van der Waals surface area contributed by atoms with Crippen molar-refractivity contribution in [3.05, 3.63) is 82.8 Å². The van der Waals surface area contributed by atoms with Crippen molar-refractivity contribution in [3.63, 3.8) is 0 Å². The molecule has 2 amide bonds. The van der Waals surface area contributed by atoms with Crippen molar-refractivity contribution in [3.8, 4) is 5.75 Å². The molecule has 0 bridgehead atoms. The van der Waals surface area contributed by atoms with Crippen LogP contribution in [0.4, 0.5) is 5.69 Å². The van der Waals surface area contributed by atoms with Crippen molar-refractivity contribution in [1.29, 1.82) is 0 Å². The van der Waals surface area contributed by atoms with Crippen LogP contribution < -0.4 is 15.1 Å². The minimum atomic E-state index is -0.329. The monoisotopic (exact) mass is 431 g/mol. The number of methoxy groups -OCH3 is 1. The lowest BCUT2D eigenvalue weighted by Crippen LogP contribution is -2.26. The fourth-order valence-electron chi connectivity index (χ4n) is 3.85. The molecule has 0 radical (unpaired) electrons. The van der Waals surface area contributed by atoms with E-state index in [9.17, 15) is 9.59 Å². The number of carbonyl (C=O) groups is 2. The molecule has 7 heteroatoms. The molecule has 7 nitrogen and oxygen atoms in total. The number of rotatable bonds is 5. The van der Waals surface area contributed by atoms with E-state index in [1.165, 1.54) is 0 Å². The van der Waals surface area contributed by atoms with Crippen LogP contribution in [0, 0.1) is 6.92 Å². The molecule has 4 rings (SSSR count). The van der Waals surface area contributed by atoms with Crippen LogP contribution >= 0.6 is 0 Å². The number of furan rings is 1. The second kappa shape index (κ2) is 9.09. The fourth-order valence-corrected chi connectivity index (χ4v) is 3.85. The van der Waals surface area contributed by atoms with E-state index in [1.807, 2.05) is 37.3 Å². The number of nitrogens with zero attached hydrogens (tertiary/aromatic N) is 2. The summed E-state index contributed by atoms with van der Waals surface area (Å²) >= 11 is 0. The predicted molar refractivity (Wildman–Crippen MR) is 123 cm³/mol. The zero-order valence-corrected chi connectivity index (χ0v) is 18.3. The third kappa shape index (κ3) is 4.14. The normalized spacial score (nSPS) is 14.0. The topological polar surface area (TPSA) is 84.1 Å². The number of nitrogens with one attached hydrogen (secondary N) is 1. The standard InChI is InChI=1S/C25H25N3O4/c1-16-22-20(26-27-24(29)17-9-7-12-19(15-17)31-3)13-8-14-21(22)32-23(16)25(30)28(2)18-10-5-4-6-11-18/h4-7,9-12,15H,8,13-14H2,1-3H3,(H,27,29)/b26-20+. The molecule has 1 aromatic heterocycles. The molecule has 0 spiro atoms. The Hall–Kier alpha value is -3.87. The lowest BCUT2D eigenvalue weighted by molar-refractivity contribution is 0.0950. The van der Waals surface area contributed by atoms with Gasteiger partial charge in [-0.05, 0) is 50.1 Å². The number of hydrogen-bond donors (Lipinski definition) is 1. The molecule has 3 aromatic rings. The molecule has 0 unspecified atom stereocenters. The van der Waals surface area contributed by atoms with Crippen LogP contribution in [0.25, 0.3) is 0 Å². The summed E-state index contributed by atoms with van der Waals surface area (Å²) in [6.07, 6.45) is 2.24. The summed E-state index contributed by atoms with van der Waals surface area (Å²) in [7, 11) is 3.28. The first-order chi connectivity index (χ1) is 15.5. The molecular formula is C25H25N3O4. The maximum Gasteiger partial charge on any atom is 0.294 e. The van der Waals surface area contributed by atoms with Crippen LogP contribution in [-0.2, 0) is 6.42 Å². The van der Waals surface area contributed by atoms with E-state index < -0.39 is 0 Å². The van der Waals surface area contributed by atoms with Crippen LogP contribution in [0.2, 0.25) is 0 Å². The van der Waals surface area contributed by atoms with E-state index in [0.29, 0.717) is 29.2 Å². The number of para-hydroxylation sites is 1. The van der Waals surface area contributed by atoms with Crippen molar-refractivity contribution in [2.24, 2.45) is 5.10 Å². The van der Waals surface area contributed by atoms with E-state index >= 15 is 0 Å². The summed E-state index contributed by atoms with van der Waals surface area (Å²) in [5, 5.41) is 4.38. The highest BCUT2D eigenvalue weighted by Crippen LogP contribution is 2.31. The van der Waals surface area contributed by atoms with Crippen LogP contribution in [-0.4, -0.2) is 31.7 Å². The maximum absolute atomic E-state index is 13.1. The van der Waals surface area contributed by atoms with E-state index in [0.717, 1.165) is 35.4 Å². The Morgan fingerprint density at radius 2 is 1.88 bits per heavy atom. The molecule has 32 heavy (non-hydrogen) atoms. The Kier molecular flexibility index (Phi) is 6.07. The van der Waals surface area contributed by atoms with E-state index in [4.69, 9.17) is 9.15 Å². The predicted octanol–water partition coefficient (Wildman–Crippen LogP) is 4.34. The number of hydrogen-bond acceptors (Lipinski definition) is 5. The molecule has 0 fully saturated rings.